The van der Waals surface area contributed by atoms with E-state index in [-0.39, 0.29) is 11.9 Å². The minimum atomic E-state index is -0.112. The number of hydrogen-bond acceptors (Lipinski definition) is 4. The lowest BCUT2D eigenvalue weighted by atomic mass is 9.91. The van der Waals surface area contributed by atoms with Crippen molar-refractivity contribution in [1.29, 1.82) is 0 Å². The number of aromatic amines is 1. The number of aryl methyl sites for hydroxylation is 2. The number of nitrogens with one attached hydrogen (secondary N) is 2. The van der Waals surface area contributed by atoms with Crippen molar-refractivity contribution in [3.63, 3.8) is 0 Å². The number of aromatic nitrogens is 2. The maximum absolute atomic E-state index is 13.3. The Hall–Kier alpha value is -3.61. The van der Waals surface area contributed by atoms with Crippen molar-refractivity contribution >= 4 is 27.7 Å². The molecule has 0 spiro atoms. The van der Waals surface area contributed by atoms with E-state index in [0.29, 0.717) is 17.2 Å². The van der Waals surface area contributed by atoms with Gasteiger partial charge >= 0.3 is 0 Å². The Labute approximate surface area is 186 Å². The fourth-order valence-electron chi connectivity index (χ4n) is 4.82. The van der Waals surface area contributed by atoms with Crippen molar-refractivity contribution in [2.45, 2.75) is 25.3 Å². The van der Waals surface area contributed by atoms with E-state index in [1.165, 1.54) is 10.9 Å². The Bertz CT molecular complexity index is 1330. The second kappa shape index (κ2) is 7.82. The number of benzene rings is 2. The van der Waals surface area contributed by atoms with Crippen molar-refractivity contribution in [3.05, 3.63) is 53.3 Å². The Morgan fingerprint density at radius 3 is 2.59 bits per heavy atom. The number of H-pyrrole nitrogens is 1. The zero-order chi connectivity index (χ0) is 22.4. The van der Waals surface area contributed by atoms with Crippen molar-refractivity contribution in [2.24, 2.45) is 7.05 Å². The average Bonchev–Trinajstić information content (AvgIpc) is 3.36. The molecular weight excluding hydrogens is 406 g/mol. The number of hydrogen-bond donors (Lipinski definition) is 2. The largest absolute Gasteiger partial charge is 0.497 e. The van der Waals surface area contributed by atoms with Gasteiger partial charge in [0.1, 0.15) is 22.9 Å². The van der Waals surface area contributed by atoms with Gasteiger partial charge in [0.05, 0.1) is 32.9 Å². The first kappa shape index (κ1) is 20.3. The molecule has 2 aromatic carbocycles. The predicted octanol–water partition coefficient (Wildman–Crippen LogP) is 4.49. The van der Waals surface area contributed by atoms with Crippen LogP contribution in [0.15, 0.2) is 36.4 Å². The van der Waals surface area contributed by atoms with Crippen LogP contribution in [0.2, 0.25) is 0 Å². The molecule has 1 amide bonds. The van der Waals surface area contributed by atoms with Crippen LogP contribution in [0.4, 0.5) is 0 Å². The Kier molecular flexibility index (Phi) is 4.96. The maximum Gasteiger partial charge on any atom is 0.268 e. The molecule has 166 valence electrons. The number of rotatable bonds is 5. The van der Waals surface area contributed by atoms with Crippen molar-refractivity contribution in [2.75, 3.05) is 21.3 Å². The quantitative estimate of drug-likeness (QED) is 0.486. The van der Waals surface area contributed by atoms with Gasteiger partial charge in [0.25, 0.3) is 5.91 Å². The van der Waals surface area contributed by atoms with Crippen LogP contribution in [-0.2, 0) is 13.5 Å². The molecule has 0 saturated heterocycles. The number of nitrogens with zero attached hydrogens (tertiary/aromatic N) is 1. The molecule has 1 unspecified atom stereocenters. The molecule has 7 nitrogen and oxygen atoms in total. The number of ether oxygens (including phenoxy) is 3. The maximum atomic E-state index is 13.3. The van der Waals surface area contributed by atoms with Crippen LogP contribution in [0.3, 0.4) is 0 Å². The molecule has 5 rings (SSSR count). The monoisotopic (exact) mass is 433 g/mol. The zero-order valence-electron chi connectivity index (χ0n) is 18.7. The zero-order valence-corrected chi connectivity index (χ0v) is 18.7. The lowest BCUT2D eigenvalue weighted by molar-refractivity contribution is 0.0924. The Balaban J connectivity index is 1.50. The third-order valence-electron chi connectivity index (χ3n) is 6.51. The van der Waals surface area contributed by atoms with Gasteiger partial charge in [-0.05, 0) is 49.1 Å². The van der Waals surface area contributed by atoms with Gasteiger partial charge in [-0.1, -0.05) is 0 Å². The van der Waals surface area contributed by atoms with Gasteiger partial charge in [-0.3, -0.25) is 4.79 Å². The van der Waals surface area contributed by atoms with E-state index >= 15 is 0 Å². The molecule has 2 aromatic heterocycles. The summed E-state index contributed by atoms with van der Waals surface area (Å²) in [4.78, 5) is 16.9. The molecule has 2 N–H and O–H groups in total. The summed E-state index contributed by atoms with van der Waals surface area (Å²) in [5.74, 6) is 2.09. The standard InChI is InChI=1S/C25H27N3O4/c1-28-21-11-15(31-3)12-23(32-4)18(21)13-22(28)25(29)27-20-7-5-6-16-17-10-14(30-2)8-9-19(17)26-24(16)20/h8-13,20,26H,5-7H2,1-4H3,(H,27,29). The lowest BCUT2D eigenvalue weighted by Crippen LogP contribution is -2.32. The average molecular weight is 434 g/mol. The Morgan fingerprint density at radius 1 is 1.03 bits per heavy atom. The summed E-state index contributed by atoms with van der Waals surface area (Å²) < 4.78 is 18.2. The van der Waals surface area contributed by atoms with Crippen LogP contribution in [0.25, 0.3) is 21.8 Å². The lowest BCUT2D eigenvalue weighted by Gasteiger charge is -2.24. The number of methoxy groups -OCH3 is 3. The smallest absolute Gasteiger partial charge is 0.268 e. The molecule has 1 aliphatic rings. The van der Waals surface area contributed by atoms with Gasteiger partial charge in [0, 0.05) is 41.2 Å². The fraction of sp³-hybridized carbons (Fsp3) is 0.320. The van der Waals surface area contributed by atoms with E-state index in [9.17, 15) is 4.79 Å². The number of fused-ring (bicyclic) bond motifs is 4. The number of amides is 1. The minimum absolute atomic E-state index is 0.0703. The minimum Gasteiger partial charge on any atom is -0.497 e. The molecule has 0 aliphatic heterocycles. The van der Waals surface area contributed by atoms with E-state index in [1.807, 2.05) is 41.9 Å². The first-order chi connectivity index (χ1) is 15.5. The van der Waals surface area contributed by atoms with Gasteiger partial charge < -0.3 is 29.1 Å². The highest BCUT2D eigenvalue weighted by Crippen LogP contribution is 2.37. The van der Waals surface area contributed by atoms with Gasteiger partial charge in [-0.25, -0.2) is 0 Å². The molecule has 1 atom stereocenters. The van der Waals surface area contributed by atoms with Gasteiger partial charge in [-0.15, -0.1) is 0 Å². The van der Waals surface area contributed by atoms with E-state index in [0.717, 1.165) is 47.1 Å². The highest BCUT2D eigenvalue weighted by atomic mass is 16.5. The van der Waals surface area contributed by atoms with Crippen LogP contribution in [0.5, 0.6) is 17.2 Å². The van der Waals surface area contributed by atoms with E-state index in [2.05, 4.69) is 16.4 Å². The van der Waals surface area contributed by atoms with Crippen LogP contribution in [-0.4, -0.2) is 36.8 Å². The molecule has 32 heavy (non-hydrogen) atoms. The summed E-state index contributed by atoms with van der Waals surface area (Å²) in [6.07, 6.45) is 2.89. The summed E-state index contributed by atoms with van der Waals surface area (Å²) >= 11 is 0. The van der Waals surface area contributed by atoms with E-state index < -0.39 is 0 Å². The molecule has 0 radical (unpaired) electrons. The van der Waals surface area contributed by atoms with Gasteiger partial charge in [0.2, 0.25) is 0 Å². The Morgan fingerprint density at radius 2 is 1.84 bits per heavy atom. The summed E-state index contributed by atoms with van der Waals surface area (Å²) in [6.45, 7) is 0. The number of carbonyl (C=O) groups excluding carboxylic acids is 1. The highest BCUT2D eigenvalue weighted by molar-refractivity contribution is 6.01. The van der Waals surface area contributed by atoms with Crippen LogP contribution in [0.1, 0.15) is 40.6 Å². The third-order valence-corrected chi connectivity index (χ3v) is 6.51. The SMILES string of the molecule is COc1ccc2[nH]c3c(c2c1)CCCC3NC(=O)c1cc2c(OC)cc(OC)cc2n1C. The molecule has 0 saturated carbocycles. The number of carbonyl (C=O) groups is 1. The molecule has 7 heteroatoms. The summed E-state index contributed by atoms with van der Waals surface area (Å²) in [5.41, 5.74) is 4.88. The van der Waals surface area contributed by atoms with Gasteiger partial charge in [-0.2, -0.15) is 0 Å². The molecular formula is C25H27N3O4. The van der Waals surface area contributed by atoms with E-state index in [1.54, 1.807) is 21.3 Å². The van der Waals surface area contributed by atoms with Crippen molar-refractivity contribution in [1.82, 2.24) is 14.9 Å². The fourth-order valence-corrected chi connectivity index (χ4v) is 4.82. The first-order valence-electron chi connectivity index (χ1n) is 10.7. The van der Waals surface area contributed by atoms with Crippen LogP contribution in [0, 0.1) is 0 Å². The molecule has 2 heterocycles. The van der Waals surface area contributed by atoms with Crippen molar-refractivity contribution in [3.8, 4) is 17.2 Å². The third kappa shape index (κ3) is 3.16. The summed E-state index contributed by atoms with van der Waals surface area (Å²) in [7, 11) is 6.80. The molecule has 0 fully saturated rings. The topological polar surface area (TPSA) is 77.5 Å². The first-order valence-corrected chi connectivity index (χ1v) is 10.7. The van der Waals surface area contributed by atoms with E-state index in [4.69, 9.17) is 14.2 Å². The molecule has 0 bridgehead atoms. The molecule has 1 aliphatic carbocycles. The van der Waals surface area contributed by atoms with Crippen LogP contribution >= 0.6 is 0 Å². The molecule has 4 aromatic rings. The summed E-state index contributed by atoms with van der Waals surface area (Å²) in [5, 5.41) is 5.30. The second-order valence-electron chi connectivity index (χ2n) is 8.20. The predicted molar refractivity (Wildman–Crippen MR) is 124 cm³/mol. The van der Waals surface area contributed by atoms with Gasteiger partial charge in [0.15, 0.2) is 0 Å². The summed E-state index contributed by atoms with van der Waals surface area (Å²) in [6, 6.07) is 11.6. The van der Waals surface area contributed by atoms with Crippen molar-refractivity contribution < 1.29 is 19.0 Å². The normalized spacial score (nSPS) is 15.6. The highest BCUT2D eigenvalue weighted by Gasteiger charge is 2.27. The van der Waals surface area contributed by atoms with Crippen LogP contribution < -0.4 is 19.5 Å². The second-order valence-corrected chi connectivity index (χ2v) is 8.20.